The van der Waals surface area contributed by atoms with Crippen LogP contribution in [0.2, 0.25) is 0 Å². The van der Waals surface area contributed by atoms with Crippen molar-refractivity contribution in [2.24, 2.45) is 0 Å². The number of benzene rings is 1. The molecule has 0 spiro atoms. The number of carbonyl (C=O) groups excluding carboxylic acids is 1. The van der Waals surface area contributed by atoms with E-state index >= 15 is 0 Å². The van der Waals surface area contributed by atoms with Crippen molar-refractivity contribution in [3.8, 4) is 0 Å². The Kier molecular flexibility index (Phi) is 5.95. The van der Waals surface area contributed by atoms with E-state index in [-0.39, 0.29) is 16.6 Å². The molecule has 1 aromatic carbocycles. The minimum atomic E-state index is -3.45. The average molecular weight is 392 g/mol. The second-order valence-electron chi connectivity index (χ2n) is 6.15. The molecule has 1 fully saturated rings. The standard InChI is InChI=1S/C18H21N3O3S2/c1-14-5-4-6-15(11-14)20-17(22)13-25-18-8-7-16(12-19-18)26(23,24)21-9-2-3-10-21/h4-8,11-12H,2-3,9-10,13H2,1H3,(H,20,22). The van der Waals surface area contributed by atoms with Crippen molar-refractivity contribution in [2.45, 2.75) is 29.7 Å². The second kappa shape index (κ2) is 8.20. The third-order valence-corrected chi connectivity index (χ3v) is 6.89. The van der Waals surface area contributed by atoms with Crippen LogP contribution in [0, 0.1) is 6.92 Å². The Morgan fingerprint density at radius 3 is 2.65 bits per heavy atom. The summed E-state index contributed by atoms with van der Waals surface area (Å²) >= 11 is 1.27. The van der Waals surface area contributed by atoms with E-state index in [9.17, 15) is 13.2 Å². The van der Waals surface area contributed by atoms with Gasteiger partial charge in [0.25, 0.3) is 0 Å². The van der Waals surface area contributed by atoms with E-state index in [1.807, 2.05) is 31.2 Å². The topological polar surface area (TPSA) is 79.4 Å². The zero-order chi connectivity index (χ0) is 18.6. The number of thioether (sulfide) groups is 1. The highest BCUT2D eigenvalue weighted by Gasteiger charge is 2.27. The molecule has 3 rings (SSSR count). The largest absolute Gasteiger partial charge is 0.325 e. The van der Waals surface area contributed by atoms with E-state index in [4.69, 9.17) is 0 Å². The van der Waals surface area contributed by atoms with Crippen LogP contribution < -0.4 is 5.32 Å². The molecule has 6 nitrogen and oxygen atoms in total. The van der Waals surface area contributed by atoms with Gasteiger partial charge in [-0.15, -0.1) is 0 Å². The quantitative estimate of drug-likeness (QED) is 0.766. The molecule has 2 aromatic rings. The molecular formula is C18H21N3O3S2. The number of sulfonamides is 1. The summed E-state index contributed by atoms with van der Waals surface area (Å²) in [5.41, 5.74) is 1.84. The van der Waals surface area contributed by atoms with Crippen molar-refractivity contribution in [2.75, 3.05) is 24.2 Å². The van der Waals surface area contributed by atoms with Crippen molar-refractivity contribution >= 4 is 33.4 Å². The van der Waals surface area contributed by atoms with Gasteiger partial charge in [0.1, 0.15) is 4.90 Å². The van der Waals surface area contributed by atoms with Crippen LogP contribution in [0.1, 0.15) is 18.4 Å². The van der Waals surface area contributed by atoms with Crippen LogP contribution in [-0.4, -0.2) is 42.5 Å². The van der Waals surface area contributed by atoms with Gasteiger partial charge in [0.05, 0.1) is 10.8 Å². The first-order valence-electron chi connectivity index (χ1n) is 8.41. The average Bonchev–Trinajstić information content (AvgIpc) is 3.16. The van der Waals surface area contributed by atoms with Gasteiger partial charge < -0.3 is 5.32 Å². The third kappa shape index (κ3) is 4.63. The van der Waals surface area contributed by atoms with Gasteiger partial charge in [0, 0.05) is 25.0 Å². The Balaban J connectivity index is 1.56. The summed E-state index contributed by atoms with van der Waals surface area (Å²) in [6.45, 7) is 3.10. The zero-order valence-electron chi connectivity index (χ0n) is 14.5. The minimum Gasteiger partial charge on any atom is -0.325 e. The lowest BCUT2D eigenvalue weighted by molar-refractivity contribution is -0.113. The Bertz CT molecular complexity index is 877. The highest BCUT2D eigenvalue weighted by molar-refractivity contribution is 7.99. The summed E-state index contributed by atoms with van der Waals surface area (Å²) in [4.78, 5) is 16.4. The van der Waals surface area contributed by atoms with E-state index in [0.29, 0.717) is 18.1 Å². The van der Waals surface area contributed by atoms with Crippen LogP contribution in [-0.2, 0) is 14.8 Å². The summed E-state index contributed by atoms with van der Waals surface area (Å²) in [6.07, 6.45) is 3.17. The van der Waals surface area contributed by atoms with Gasteiger partial charge >= 0.3 is 0 Å². The van der Waals surface area contributed by atoms with E-state index in [0.717, 1.165) is 24.1 Å². The lowest BCUT2D eigenvalue weighted by Gasteiger charge is -2.15. The van der Waals surface area contributed by atoms with Crippen molar-refractivity contribution < 1.29 is 13.2 Å². The maximum absolute atomic E-state index is 12.5. The molecule has 1 aliphatic rings. The van der Waals surface area contributed by atoms with Crippen LogP contribution in [0.15, 0.2) is 52.5 Å². The number of nitrogens with zero attached hydrogens (tertiary/aromatic N) is 2. The lowest BCUT2D eigenvalue weighted by Crippen LogP contribution is -2.27. The monoisotopic (exact) mass is 391 g/mol. The van der Waals surface area contributed by atoms with Crippen LogP contribution in [0.3, 0.4) is 0 Å². The highest BCUT2D eigenvalue weighted by Crippen LogP contribution is 2.22. The summed E-state index contributed by atoms with van der Waals surface area (Å²) in [7, 11) is -3.45. The number of hydrogen-bond donors (Lipinski definition) is 1. The molecule has 0 radical (unpaired) electrons. The van der Waals surface area contributed by atoms with Crippen molar-refractivity contribution in [3.63, 3.8) is 0 Å². The summed E-state index contributed by atoms with van der Waals surface area (Å²) in [6, 6.07) is 10.8. The van der Waals surface area contributed by atoms with Crippen LogP contribution in [0.25, 0.3) is 0 Å². The molecule has 1 aromatic heterocycles. The number of aryl methyl sites for hydroxylation is 1. The molecule has 1 aliphatic heterocycles. The fraction of sp³-hybridized carbons (Fsp3) is 0.333. The molecule has 2 heterocycles. The Labute approximate surface area is 158 Å². The third-order valence-electron chi connectivity index (χ3n) is 4.06. The normalized spacial score (nSPS) is 15.1. The second-order valence-corrected chi connectivity index (χ2v) is 9.08. The number of anilines is 1. The van der Waals surface area contributed by atoms with Crippen LogP contribution >= 0.6 is 11.8 Å². The molecule has 0 aliphatic carbocycles. The van der Waals surface area contributed by atoms with Crippen LogP contribution in [0.4, 0.5) is 5.69 Å². The fourth-order valence-electron chi connectivity index (χ4n) is 2.74. The van der Waals surface area contributed by atoms with Gasteiger partial charge in [-0.3, -0.25) is 4.79 Å². The number of nitrogens with one attached hydrogen (secondary N) is 1. The molecule has 0 atom stereocenters. The van der Waals surface area contributed by atoms with Crippen LogP contribution in [0.5, 0.6) is 0 Å². The van der Waals surface area contributed by atoms with Crippen molar-refractivity contribution in [1.82, 2.24) is 9.29 Å². The number of carbonyl (C=O) groups is 1. The molecule has 138 valence electrons. The number of amides is 1. The van der Waals surface area contributed by atoms with Gasteiger partial charge in [-0.05, 0) is 49.6 Å². The molecule has 26 heavy (non-hydrogen) atoms. The first-order chi connectivity index (χ1) is 12.4. The van der Waals surface area contributed by atoms with E-state index in [2.05, 4.69) is 10.3 Å². The number of rotatable bonds is 6. The Morgan fingerprint density at radius 1 is 1.23 bits per heavy atom. The first-order valence-corrected chi connectivity index (χ1v) is 10.8. The molecule has 1 saturated heterocycles. The number of hydrogen-bond acceptors (Lipinski definition) is 5. The summed E-state index contributed by atoms with van der Waals surface area (Å²) in [5, 5.41) is 3.45. The Hall–Kier alpha value is -1.90. The van der Waals surface area contributed by atoms with Gasteiger partial charge in [-0.2, -0.15) is 4.31 Å². The van der Waals surface area contributed by atoms with Gasteiger partial charge in [-0.1, -0.05) is 23.9 Å². The van der Waals surface area contributed by atoms with Crippen molar-refractivity contribution in [1.29, 1.82) is 0 Å². The molecule has 8 heteroatoms. The number of pyridine rings is 1. The number of aromatic nitrogens is 1. The predicted molar refractivity (Wildman–Crippen MR) is 103 cm³/mol. The SMILES string of the molecule is Cc1cccc(NC(=O)CSc2ccc(S(=O)(=O)N3CCCC3)cn2)c1. The predicted octanol–water partition coefficient (Wildman–Crippen LogP) is 2.91. The minimum absolute atomic E-state index is 0.129. The van der Waals surface area contributed by atoms with Crippen molar-refractivity contribution in [3.05, 3.63) is 48.2 Å². The van der Waals surface area contributed by atoms with Gasteiger partial charge in [0.15, 0.2) is 0 Å². The fourth-order valence-corrected chi connectivity index (χ4v) is 4.85. The summed E-state index contributed by atoms with van der Waals surface area (Å²) in [5.74, 6) is 0.0790. The van der Waals surface area contributed by atoms with E-state index < -0.39 is 10.0 Å². The molecule has 0 saturated carbocycles. The first kappa shape index (κ1) is 18.9. The highest BCUT2D eigenvalue weighted by atomic mass is 32.2. The molecule has 0 bridgehead atoms. The molecule has 0 unspecified atom stereocenters. The maximum Gasteiger partial charge on any atom is 0.244 e. The smallest absolute Gasteiger partial charge is 0.244 e. The lowest BCUT2D eigenvalue weighted by atomic mass is 10.2. The van der Waals surface area contributed by atoms with E-state index in [1.54, 1.807) is 12.1 Å². The Morgan fingerprint density at radius 2 is 2.00 bits per heavy atom. The van der Waals surface area contributed by atoms with Gasteiger partial charge in [-0.25, -0.2) is 13.4 Å². The van der Waals surface area contributed by atoms with Gasteiger partial charge in [0.2, 0.25) is 15.9 Å². The maximum atomic E-state index is 12.5. The molecular weight excluding hydrogens is 370 g/mol. The molecule has 1 N–H and O–H groups in total. The summed E-state index contributed by atoms with van der Waals surface area (Å²) < 4.78 is 26.4. The van der Waals surface area contributed by atoms with E-state index in [1.165, 1.54) is 22.3 Å². The zero-order valence-corrected chi connectivity index (χ0v) is 16.1. The molecule has 1 amide bonds.